The second kappa shape index (κ2) is 7.20. The van der Waals surface area contributed by atoms with E-state index in [1.165, 1.54) is 0 Å². The molecule has 0 amide bonds. The molecule has 6 heteroatoms. The van der Waals surface area contributed by atoms with Gasteiger partial charge in [0.15, 0.2) is 0 Å². The lowest BCUT2D eigenvalue weighted by molar-refractivity contribution is 0.710. The van der Waals surface area contributed by atoms with Gasteiger partial charge in [0.1, 0.15) is 10.0 Å². The highest BCUT2D eigenvalue weighted by Crippen LogP contribution is 2.24. The molecule has 0 spiro atoms. The van der Waals surface area contributed by atoms with E-state index in [1.54, 1.807) is 11.3 Å². The normalized spacial score (nSPS) is 10.9. The molecule has 0 bridgehead atoms. The van der Waals surface area contributed by atoms with Gasteiger partial charge >= 0.3 is 0 Å². The molecule has 1 aromatic heterocycles. The van der Waals surface area contributed by atoms with Crippen LogP contribution in [0.2, 0.25) is 10.0 Å². The maximum absolute atomic E-state index is 6.00. The number of hydrogen-bond donors (Lipinski definition) is 1. The van der Waals surface area contributed by atoms with Crippen LogP contribution in [0.3, 0.4) is 0 Å². The fourth-order valence-corrected chi connectivity index (χ4v) is 2.86. The van der Waals surface area contributed by atoms with Crippen molar-refractivity contribution in [2.45, 2.75) is 19.8 Å². The van der Waals surface area contributed by atoms with Crippen LogP contribution in [0.4, 0.5) is 0 Å². The summed E-state index contributed by atoms with van der Waals surface area (Å²) in [6.07, 6.45) is 1.67. The number of nitrogens with zero attached hydrogens (tertiary/aromatic N) is 2. The summed E-state index contributed by atoms with van der Waals surface area (Å²) >= 11 is 13.5. The molecule has 0 unspecified atom stereocenters. The maximum atomic E-state index is 6.00. The first-order valence-electron chi connectivity index (χ1n) is 6.15. The van der Waals surface area contributed by atoms with Crippen LogP contribution in [0.15, 0.2) is 18.2 Å². The fraction of sp³-hybridized carbons (Fsp3) is 0.385. The predicted molar refractivity (Wildman–Crippen MR) is 81.4 cm³/mol. The molecular formula is C13H15Cl2N3S. The van der Waals surface area contributed by atoms with Gasteiger partial charge in [-0.05, 0) is 24.2 Å². The molecule has 102 valence electrons. The van der Waals surface area contributed by atoms with E-state index in [-0.39, 0.29) is 0 Å². The van der Waals surface area contributed by atoms with Crippen molar-refractivity contribution in [2.24, 2.45) is 0 Å². The smallest absolute Gasteiger partial charge is 0.121 e. The highest BCUT2D eigenvalue weighted by molar-refractivity contribution is 7.11. The Morgan fingerprint density at radius 3 is 2.68 bits per heavy atom. The van der Waals surface area contributed by atoms with Crippen LogP contribution >= 0.6 is 34.5 Å². The van der Waals surface area contributed by atoms with E-state index in [9.17, 15) is 0 Å². The Kier molecular flexibility index (Phi) is 5.58. The summed E-state index contributed by atoms with van der Waals surface area (Å²) in [7, 11) is 0. The number of rotatable bonds is 6. The number of halogens is 2. The lowest BCUT2D eigenvalue weighted by Gasteiger charge is -2.00. The minimum absolute atomic E-state index is 0.578. The lowest BCUT2D eigenvalue weighted by Crippen LogP contribution is -2.15. The molecule has 19 heavy (non-hydrogen) atoms. The first-order chi connectivity index (χ1) is 9.19. The van der Waals surface area contributed by atoms with Crippen LogP contribution in [-0.2, 0) is 12.8 Å². The minimum atomic E-state index is 0.578. The maximum Gasteiger partial charge on any atom is 0.121 e. The van der Waals surface area contributed by atoms with Gasteiger partial charge in [-0.1, -0.05) is 36.2 Å². The zero-order valence-corrected chi connectivity index (χ0v) is 12.9. The molecule has 1 heterocycles. The molecule has 0 fully saturated rings. The van der Waals surface area contributed by atoms with Crippen LogP contribution in [-0.4, -0.2) is 23.3 Å². The first-order valence-corrected chi connectivity index (χ1v) is 7.72. The molecule has 3 nitrogen and oxygen atoms in total. The summed E-state index contributed by atoms with van der Waals surface area (Å²) in [6, 6.07) is 5.66. The Morgan fingerprint density at radius 2 is 1.95 bits per heavy atom. The van der Waals surface area contributed by atoms with Gasteiger partial charge in [-0.3, -0.25) is 0 Å². The molecule has 0 saturated heterocycles. The third-order valence-corrected chi connectivity index (χ3v) is 4.34. The molecule has 1 N–H and O–H groups in total. The second-order valence-corrected chi connectivity index (χ2v) is 6.08. The van der Waals surface area contributed by atoms with Crippen LogP contribution in [0.1, 0.15) is 22.5 Å². The van der Waals surface area contributed by atoms with E-state index in [4.69, 9.17) is 23.2 Å². The Morgan fingerprint density at radius 1 is 1.16 bits per heavy atom. The van der Waals surface area contributed by atoms with Crippen molar-refractivity contribution < 1.29 is 0 Å². The molecule has 2 aromatic rings. The summed E-state index contributed by atoms with van der Waals surface area (Å²) in [5, 5.41) is 14.9. The Balaban J connectivity index is 1.97. The quantitative estimate of drug-likeness (QED) is 0.828. The molecule has 1 aromatic carbocycles. The molecule has 0 atom stereocenters. The summed E-state index contributed by atoms with van der Waals surface area (Å²) in [6.45, 7) is 4.02. The standard InChI is InChI=1S/C13H15Cl2N3S/c1-2-16-6-5-12-17-18-13(19-12)8-9-3-4-10(14)11(15)7-9/h3-4,7,16H,2,5-6,8H2,1H3. The van der Waals surface area contributed by atoms with E-state index in [2.05, 4.69) is 22.4 Å². The average molecular weight is 316 g/mol. The Hall–Kier alpha value is -0.680. The van der Waals surface area contributed by atoms with Crippen LogP contribution in [0.5, 0.6) is 0 Å². The van der Waals surface area contributed by atoms with E-state index < -0.39 is 0 Å². The zero-order chi connectivity index (χ0) is 13.7. The van der Waals surface area contributed by atoms with Gasteiger partial charge in [-0.25, -0.2) is 0 Å². The SMILES string of the molecule is CCNCCc1nnc(Cc2ccc(Cl)c(Cl)c2)s1. The second-order valence-electron chi connectivity index (χ2n) is 4.12. The first kappa shape index (κ1) is 14.7. The van der Waals surface area contributed by atoms with Gasteiger partial charge in [-0.2, -0.15) is 0 Å². The third kappa shape index (κ3) is 4.42. The summed E-state index contributed by atoms with van der Waals surface area (Å²) in [5.74, 6) is 0. The molecule has 0 aliphatic carbocycles. The highest BCUT2D eigenvalue weighted by Gasteiger charge is 2.06. The predicted octanol–water partition coefficient (Wildman–Crippen LogP) is 3.59. The van der Waals surface area contributed by atoms with E-state index in [1.807, 2.05) is 18.2 Å². The third-order valence-electron chi connectivity index (χ3n) is 2.61. The van der Waals surface area contributed by atoms with Crippen molar-refractivity contribution in [1.82, 2.24) is 15.5 Å². The van der Waals surface area contributed by atoms with E-state index in [0.29, 0.717) is 10.0 Å². The van der Waals surface area contributed by atoms with Crippen molar-refractivity contribution in [3.8, 4) is 0 Å². The molecule has 0 aliphatic heterocycles. The minimum Gasteiger partial charge on any atom is -0.317 e. The number of aromatic nitrogens is 2. The largest absolute Gasteiger partial charge is 0.317 e. The van der Waals surface area contributed by atoms with Gasteiger partial charge in [0.25, 0.3) is 0 Å². The zero-order valence-electron chi connectivity index (χ0n) is 10.6. The molecule has 0 radical (unpaired) electrons. The lowest BCUT2D eigenvalue weighted by atomic mass is 10.2. The van der Waals surface area contributed by atoms with Gasteiger partial charge in [0.2, 0.25) is 0 Å². The summed E-state index contributed by atoms with van der Waals surface area (Å²) < 4.78 is 0. The number of benzene rings is 1. The summed E-state index contributed by atoms with van der Waals surface area (Å²) in [4.78, 5) is 0. The number of hydrogen-bond acceptors (Lipinski definition) is 4. The Labute approximate surface area is 127 Å². The van der Waals surface area contributed by atoms with Crippen molar-refractivity contribution >= 4 is 34.5 Å². The Bertz CT molecular complexity index is 542. The number of likely N-dealkylation sites (N-methyl/N-ethyl adjacent to an activating group) is 1. The van der Waals surface area contributed by atoms with Crippen molar-refractivity contribution in [3.63, 3.8) is 0 Å². The van der Waals surface area contributed by atoms with Crippen molar-refractivity contribution in [2.75, 3.05) is 13.1 Å². The van der Waals surface area contributed by atoms with Crippen LogP contribution in [0, 0.1) is 0 Å². The van der Waals surface area contributed by atoms with Crippen LogP contribution < -0.4 is 5.32 Å². The molecule has 0 saturated carbocycles. The molecular weight excluding hydrogens is 301 g/mol. The van der Waals surface area contributed by atoms with Gasteiger partial charge in [0, 0.05) is 19.4 Å². The monoisotopic (exact) mass is 315 g/mol. The molecule has 2 rings (SSSR count). The van der Waals surface area contributed by atoms with Crippen molar-refractivity contribution in [1.29, 1.82) is 0 Å². The summed E-state index contributed by atoms with van der Waals surface area (Å²) in [5.41, 5.74) is 1.10. The fourth-order valence-electron chi connectivity index (χ4n) is 1.66. The topological polar surface area (TPSA) is 37.8 Å². The van der Waals surface area contributed by atoms with Crippen molar-refractivity contribution in [3.05, 3.63) is 43.8 Å². The highest BCUT2D eigenvalue weighted by atomic mass is 35.5. The van der Waals surface area contributed by atoms with Gasteiger partial charge in [0.05, 0.1) is 10.0 Å². The molecule has 0 aliphatic rings. The van der Waals surface area contributed by atoms with Crippen LogP contribution in [0.25, 0.3) is 0 Å². The average Bonchev–Trinajstić information content (AvgIpc) is 2.82. The van der Waals surface area contributed by atoms with E-state index >= 15 is 0 Å². The van der Waals surface area contributed by atoms with E-state index in [0.717, 1.165) is 41.5 Å². The number of nitrogens with one attached hydrogen (secondary N) is 1. The van der Waals surface area contributed by atoms with Gasteiger partial charge in [-0.15, -0.1) is 21.5 Å². The van der Waals surface area contributed by atoms with Gasteiger partial charge < -0.3 is 5.32 Å².